The highest BCUT2D eigenvalue weighted by molar-refractivity contribution is 7.89. The Balaban J connectivity index is 1.49. The zero-order valence-electron chi connectivity index (χ0n) is 22.0. The molecule has 0 radical (unpaired) electrons. The van der Waals surface area contributed by atoms with Gasteiger partial charge in [-0.05, 0) is 44.4 Å². The van der Waals surface area contributed by atoms with E-state index in [1.54, 1.807) is 13.8 Å². The van der Waals surface area contributed by atoms with Gasteiger partial charge >= 0.3 is 5.56 Å². The zero-order valence-corrected chi connectivity index (χ0v) is 22.8. The van der Waals surface area contributed by atoms with E-state index in [9.17, 15) is 22.0 Å². The first-order valence-corrected chi connectivity index (χ1v) is 14.6. The second-order valence-corrected chi connectivity index (χ2v) is 13.0. The molecule has 1 aromatic heterocycles. The number of piperazine rings is 1. The van der Waals surface area contributed by atoms with E-state index in [1.807, 2.05) is 23.1 Å². The average molecular weight is 559 g/mol. The Hall–Kier alpha value is -3.31. The van der Waals surface area contributed by atoms with Crippen LogP contribution in [0.2, 0.25) is 0 Å². The van der Waals surface area contributed by atoms with Gasteiger partial charge < -0.3 is 9.64 Å². The summed E-state index contributed by atoms with van der Waals surface area (Å²) in [5.41, 5.74) is 0.623. The predicted octanol–water partition coefficient (Wildman–Crippen LogP) is 3.87. The molecule has 0 bridgehead atoms. The molecule has 1 saturated heterocycles. The molecule has 1 saturated carbocycles. The fourth-order valence-electron chi connectivity index (χ4n) is 5.24. The first-order chi connectivity index (χ1) is 18.6. The molecule has 0 spiro atoms. The van der Waals surface area contributed by atoms with E-state index in [0.29, 0.717) is 18.8 Å². The van der Waals surface area contributed by atoms with E-state index in [0.717, 1.165) is 47.7 Å². The molecular weight excluding hydrogens is 526 g/mol. The molecule has 2 fully saturated rings. The lowest BCUT2D eigenvalue weighted by atomic mass is 9.65. The summed E-state index contributed by atoms with van der Waals surface area (Å²) in [5.74, 6) is -1.63. The molecule has 39 heavy (non-hydrogen) atoms. The highest BCUT2D eigenvalue weighted by atomic mass is 32.2. The largest absolute Gasteiger partial charge is 0.485 e. The molecule has 208 valence electrons. The lowest BCUT2D eigenvalue weighted by Gasteiger charge is -2.42. The van der Waals surface area contributed by atoms with Crippen molar-refractivity contribution in [3.8, 4) is 11.4 Å². The van der Waals surface area contributed by atoms with Crippen LogP contribution in [0, 0.1) is 11.6 Å². The quantitative estimate of drug-likeness (QED) is 0.418. The lowest BCUT2D eigenvalue weighted by Crippen LogP contribution is -2.51. The van der Waals surface area contributed by atoms with Crippen LogP contribution in [-0.4, -0.2) is 60.5 Å². The van der Waals surface area contributed by atoms with Gasteiger partial charge in [-0.25, -0.2) is 17.2 Å². The number of hydrogen-bond donors (Lipinski definition) is 0. The molecule has 2 aromatic carbocycles. The van der Waals surface area contributed by atoms with Crippen LogP contribution in [0.5, 0.6) is 5.75 Å². The van der Waals surface area contributed by atoms with Crippen LogP contribution in [0.25, 0.3) is 5.69 Å². The molecule has 2 heterocycles. The second kappa shape index (κ2) is 10.7. The molecule has 0 amide bonds. The van der Waals surface area contributed by atoms with Crippen molar-refractivity contribution >= 4 is 15.7 Å². The summed E-state index contributed by atoms with van der Waals surface area (Å²) in [4.78, 5) is 15.6. The monoisotopic (exact) mass is 558 g/mol. The number of ether oxygens (including phenoxy) is 1. The Morgan fingerprint density at radius 2 is 1.64 bits per heavy atom. The Morgan fingerprint density at radius 1 is 1.00 bits per heavy atom. The minimum absolute atomic E-state index is 0.0250. The number of benzene rings is 2. The van der Waals surface area contributed by atoms with E-state index in [4.69, 9.17) is 4.74 Å². The molecule has 0 atom stereocenters. The molecule has 8 nitrogen and oxygen atoms in total. The van der Waals surface area contributed by atoms with Gasteiger partial charge in [-0.2, -0.15) is 14.1 Å². The summed E-state index contributed by atoms with van der Waals surface area (Å²) >= 11 is 0. The fourth-order valence-corrected chi connectivity index (χ4v) is 6.51. The number of anilines is 1. The molecule has 5 rings (SSSR count). The molecule has 2 aliphatic rings. The summed E-state index contributed by atoms with van der Waals surface area (Å²) in [5, 5.41) is 3.69. The first kappa shape index (κ1) is 27.3. The van der Waals surface area contributed by atoms with Crippen molar-refractivity contribution in [2.24, 2.45) is 0 Å². The number of sulfonamides is 1. The predicted molar refractivity (Wildman–Crippen MR) is 145 cm³/mol. The van der Waals surface area contributed by atoms with E-state index in [2.05, 4.69) is 17.2 Å². The van der Waals surface area contributed by atoms with E-state index in [-0.39, 0.29) is 36.5 Å². The van der Waals surface area contributed by atoms with Crippen molar-refractivity contribution in [2.75, 3.05) is 37.7 Å². The van der Waals surface area contributed by atoms with Gasteiger partial charge in [0, 0.05) is 37.7 Å². The second-order valence-electron chi connectivity index (χ2n) is 10.5. The van der Waals surface area contributed by atoms with Gasteiger partial charge in [0.2, 0.25) is 15.8 Å². The maximum atomic E-state index is 14.0. The SMILES string of the molecule is CC(C)S(=O)(=O)N1CCN(c2cnn(-c3cc(F)cc(F)c3)c(=O)c2OCC2(c3ccccc3)CCC2)CC1. The summed E-state index contributed by atoms with van der Waals surface area (Å²) in [7, 11) is -3.41. The Labute approximate surface area is 226 Å². The van der Waals surface area contributed by atoms with Crippen molar-refractivity contribution in [3.63, 3.8) is 0 Å². The first-order valence-electron chi connectivity index (χ1n) is 13.1. The topological polar surface area (TPSA) is 84.7 Å². The minimum Gasteiger partial charge on any atom is -0.485 e. The number of halogens is 2. The molecule has 0 N–H and O–H groups in total. The van der Waals surface area contributed by atoms with Crippen LogP contribution in [0.1, 0.15) is 38.7 Å². The van der Waals surface area contributed by atoms with Crippen LogP contribution in [-0.2, 0) is 15.4 Å². The summed E-state index contributed by atoms with van der Waals surface area (Å²) < 4.78 is 61.9. The van der Waals surface area contributed by atoms with Gasteiger partial charge in [-0.3, -0.25) is 4.79 Å². The third kappa shape index (κ3) is 5.29. The average Bonchev–Trinajstić information content (AvgIpc) is 2.88. The van der Waals surface area contributed by atoms with Crippen LogP contribution >= 0.6 is 0 Å². The third-order valence-corrected chi connectivity index (χ3v) is 10.0. The molecule has 3 aromatic rings. The number of aromatic nitrogens is 2. The number of rotatable bonds is 8. The van der Waals surface area contributed by atoms with Crippen LogP contribution in [0.15, 0.2) is 59.5 Å². The van der Waals surface area contributed by atoms with E-state index in [1.165, 1.54) is 10.5 Å². The Kier molecular flexibility index (Phi) is 7.47. The van der Waals surface area contributed by atoms with Gasteiger partial charge in [0.05, 0.1) is 23.7 Å². The van der Waals surface area contributed by atoms with Gasteiger partial charge in [0.25, 0.3) is 0 Å². The van der Waals surface area contributed by atoms with Gasteiger partial charge in [0.15, 0.2) is 0 Å². The van der Waals surface area contributed by atoms with E-state index < -0.39 is 32.5 Å². The maximum absolute atomic E-state index is 14.0. The van der Waals surface area contributed by atoms with Gasteiger partial charge in [0.1, 0.15) is 17.3 Å². The smallest absolute Gasteiger partial charge is 0.316 e. The minimum atomic E-state index is -3.41. The van der Waals surface area contributed by atoms with Crippen molar-refractivity contribution in [1.82, 2.24) is 14.1 Å². The maximum Gasteiger partial charge on any atom is 0.316 e. The highest BCUT2D eigenvalue weighted by Gasteiger charge is 2.40. The summed E-state index contributed by atoms with van der Waals surface area (Å²) in [6.07, 6.45) is 4.31. The molecule has 11 heteroatoms. The van der Waals surface area contributed by atoms with Crippen LogP contribution in [0.4, 0.5) is 14.5 Å². The lowest BCUT2D eigenvalue weighted by molar-refractivity contribution is 0.134. The summed E-state index contributed by atoms with van der Waals surface area (Å²) in [6, 6.07) is 12.8. The van der Waals surface area contributed by atoms with Gasteiger partial charge in [-0.1, -0.05) is 36.8 Å². The molecule has 1 aliphatic heterocycles. The standard InChI is InChI=1S/C28H32F2N4O4S/c1-20(2)39(36,37)33-13-11-32(12-14-33)25-18-31-34(24-16-22(29)15-23(30)17-24)27(35)26(25)38-19-28(9-6-10-28)21-7-4-3-5-8-21/h3-5,7-8,15-18,20H,6,9-14,19H2,1-2H3. The highest BCUT2D eigenvalue weighted by Crippen LogP contribution is 2.44. The van der Waals surface area contributed by atoms with Crippen molar-refractivity contribution in [2.45, 2.75) is 43.8 Å². The van der Waals surface area contributed by atoms with Crippen LogP contribution < -0.4 is 15.2 Å². The molecule has 1 aliphatic carbocycles. The van der Waals surface area contributed by atoms with Crippen LogP contribution in [0.3, 0.4) is 0 Å². The number of nitrogens with zero attached hydrogens (tertiary/aromatic N) is 4. The van der Waals surface area contributed by atoms with Crippen molar-refractivity contribution < 1.29 is 21.9 Å². The van der Waals surface area contributed by atoms with Crippen molar-refractivity contribution in [1.29, 1.82) is 0 Å². The fraction of sp³-hybridized carbons (Fsp3) is 0.429. The number of hydrogen-bond acceptors (Lipinski definition) is 6. The third-order valence-electron chi connectivity index (χ3n) is 7.73. The molecular formula is C28H32F2N4O4S. The van der Waals surface area contributed by atoms with Gasteiger partial charge in [-0.15, -0.1) is 0 Å². The van der Waals surface area contributed by atoms with Crippen molar-refractivity contribution in [3.05, 3.63) is 82.3 Å². The Bertz CT molecular complexity index is 1480. The normalized spacial score (nSPS) is 17.7. The Morgan fingerprint density at radius 3 is 2.21 bits per heavy atom. The molecule has 0 unspecified atom stereocenters. The van der Waals surface area contributed by atoms with E-state index >= 15 is 0 Å². The zero-order chi connectivity index (χ0) is 27.8. The summed E-state index contributed by atoms with van der Waals surface area (Å²) in [6.45, 7) is 4.74.